The minimum Gasteiger partial charge on any atom is -0.322 e. The van der Waals surface area contributed by atoms with Crippen LogP contribution in [0, 0.1) is 0 Å². The number of nitrogens with zero attached hydrogens (tertiary/aromatic N) is 4. The summed E-state index contributed by atoms with van der Waals surface area (Å²) in [5.41, 5.74) is 0.293. The second-order valence-corrected chi connectivity index (χ2v) is 7.10. The average molecular weight is 377 g/mol. The number of tetrazole rings is 1. The van der Waals surface area contributed by atoms with Crippen LogP contribution in [-0.2, 0) is 10.1 Å². The van der Waals surface area contributed by atoms with Crippen LogP contribution in [0.15, 0.2) is 64.6 Å². The Bertz CT molecular complexity index is 1010. The molecule has 0 saturated heterocycles. The van der Waals surface area contributed by atoms with E-state index in [1.807, 2.05) is 0 Å². The number of hydrogen-bond donors (Lipinski definition) is 2. The Balaban J connectivity index is 1.82. The monoisotopic (exact) mass is 377 g/mol. The van der Waals surface area contributed by atoms with E-state index >= 15 is 0 Å². The third kappa shape index (κ3) is 4.21. The van der Waals surface area contributed by atoms with Crippen LogP contribution < -0.4 is 5.32 Å². The van der Waals surface area contributed by atoms with Gasteiger partial charge in [0.25, 0.3) is 16.0 Å². The third-order valence-corrected chi connectivity index (χ3v) is 4.73. The van der Waals surface area contributed by atoms with Gasteiger partial charge < -0.3 is 5.32 Å². The molecule has 0 unspecified atom stereocenters. The van der Waals surface area contributed by atoms with E-state index in [-0.39, 0.29) is 5.56 Å². The van der Waals surface area contributed by atoms with Crippen LogP contribution >= 0.6 is 11.9 Å². The molecule has 25 heavy (non-hydrogen) atoms. The van der Waals surface area contributed by atoms with Gasteiger partial charge in [0, 0.05) is 22.5 Å². The van der Waals surface area contributed by atoms with Gasteiger partial charge in [0.1, 0.15) is 4.90 Å². The van der Waals surface area contributed by atoms with Crippen molar-refractivity contribution in [3.63, 3.8) is 0 Å². The summed E-state index contributed by atoms with van der Waals surface area (Å²) in [6.07, 6.45) is 1.30. The van der Waals surface area contributed by atoms with Crippen molar-refractivity contribution in [1.29, 1.82) is 0 Å². The molecule has 0 saturated carbocycles. The Morgan fingerprint density at radius 3 is 2.68 bits per heavy atom. The summed E-state index contributed by atoms with van der Waals surface area (Å²) in [6, 6.07) is 12.2. The molecule has 11 heteroatoms. The topological polar surface area (TPSA) is 127 Å². The standard InChI is InChI=1S/C14H11N5O4S2/c20-14(12-6-1-2-7-13(12)25(21,22)23)17-10-4-3-5-11(8-10)24-19-16-9-15-18-19/h1-9H,(H,17,20)(H,21,22,23). The fraction of sp³-hybridized carbons (Fsp3) is 0. The molecule has 0 fully saturated rings. The lowest BCUT2D eigenvalue weighted by Gasteiger charge is -2.09. The predicted molar refractivity (Wildman–Crippen MR) is 89.7 cm³/mol. The van der Waals surface area contributed by atoms with E-state index in [2.05, 4.69) is 20.7 Å². The molecular formula is C14H11N5O4S2. The van der Waals surface area contributed by atoms with Crippen molar-refractivity contribution >= 4 is 33.7 Å². The van der Waals surface area contributed by atoms with Gasteiger partial charge in [-0.05, 0) is 35.5 Å². The molecule has 1 aromatic heterocycles. The van der Waals surface area contributed by atoms with Crippen molar-refractivity contribution in [3.8, 4) is 0 Å². The molecule has 2 aromatic carbocycles. The Hall–Kier alpha value is -2.76. The lowest BCUT2D eigenvalue weighted by Crippen LogP contribution is -2.16. The second-order valence-electron chi connectivity index (χ2n) is 4.73. The highest BCUT2D eigenvalue weighted by molar-refractivity contribution is 7.97. The molecule has 9 nitrogen and oxygen atoms in total. The number of aromatic nitrogens is 4. The first-order valence-electron chi connectivity index (χ1n) is 6.83. The van der Waals surface area contributed by atoms with Gasteiger partial charge in [-0.15, -0.1) is 10.2 Å². The molecule has 1 amide bonds. The number of carbonyl (C=O) groups is 1. The SMILES string of the molecule is O=C(Nc1cccc(Sn2ncnn2)c1)c1ccccc1S(=O)(=O)O. The first-order valence-corrected chi connectivity index (χ1v) is 9.04. The largest absolute Gasteiger partial charge is 0.322 e. The van der Waals surface area contributed by atoms with Crippen LogP contribution in [0.2, 0.25) is 0 Å². The second kappa shape index (κ2) is 7.01. The van der Waals surface area contributed by atoms with E-state index in [0.29, 0.717) is 5.69 Å². The highest BCUT2D eigenvalue weighted by Crippen LogP contribution is 2.23. The summed E-state index contributed by atoms with van der Waals surface area (Å²) in [4.78, 5) is 12.7. The summed E-state index contributed by atoms with van der Waals surface area (Å²) < 4.78 is 33.3. The zero-order chi connectivity index (χ0) is 17.9. The van der Waals surface area contributed by atoms with Crippen molar-refractivity contribution in [2.24, 2.45) is 0 Å². The van der Waals surface area contributed by atoms with Crippen LogP contribution in [0.5, 0.6) is 0 Å². The number of benzene rings is 2. The third-order valence-electron chi connectivity index (χ3n) is 3.02. The zero-order valence-corrected chi connectivity index (χ0v) is 14.1. The maximum Gasteiger partial charge on any atom is 0.295 e. The Morgan fingerprint density at radius 2 is 1.96 bits per heavy atom. The van der Waals surface area contributed by atoms with Gasteiger partial charge in [-0.2, -0.15) is 8.42 Å². The number of nitrogens with one attached hydrogen (secondary N) is 1. The molecule has 0 atom stereocenters. The van der Waals surface area contributed by atoms with Crippen molar-refractivity contribution in [1.82, 2.24) is 19.6 Å². The van der Waals surface area contributed by atoms with E-state index in [1.54, 1.807) is 24.3 Å². The fourth-order valence-electron chi connectivity index (χ4n) is 2.00. The van der Waals surface area contributed by atoms with Gasteiger partial charge in [-0.3, -0.25) is 9.35 Å². The van der Waals surface area contributed by atoms with Crippen molar-refractivity contribution in [2.75, 3.05) is 5.32 Å². The highest BCUT2D eigenvalue weighted by Gasteiger charge is 2.19. The van der Waals surface area contributed by atoms with Gasteiger partial charge in [-0.25, -0.2) is 0 Å². The summed E-state index contributed by atoms with van der Waals surface area (Å²) in [6.45, 7) is 0. The number of rotatable bonds is 5. The van der Waals surface area contributed by atoms with E-state index in [1.165, 1.54) is 40.7 Å². The maximum absolute atomic E-state index is 12.4. The normalized spacial score (nSPS) is 11.2. The van der Waals surface area contributed by atoms with Crippen molar-refractivity contribution in [2.45, 2.75) is 9.79 Å². The molecule has 0 aliphatic heterocycles. The van der Waals surface area contributed by atoms with Crippen LogP contribution in [0.1, 0.15) is 10.4 Å². The van der Waals surface area contributed by atoms with Crippen molar-refractivity contribution in [3.05, 3.63) is 60.4 Å². The van der Waals surface area contributed by atoms with Gasteiger partial charge in [0.05, 0.1) is 5.56 Å². The van der Waals surface area contributed by atoms with Crippen LogP contribution in [0.4, 0.5) is 5.69 Å². The maximum atomic E-state index is 12.4. The highest BCUT2D eigenvalue weighted by atomic mass is 32.2. The molecule has 0 bridgehead atoms. The Morgan fingerprint density at radius 1 is 1.16 bits per heavy atom. The smallest absolute Gasteiger partial charge is 0.295 e. The number of anilines is 1. The number of amides is 1. The van der Waals surface area contributed by atoms with E-state index in [9.17, 15) is 17.8 Å². The summed E-state index contributed by atoms with van der Waals surface area (Å²) in [5.74, 6) is -0.658. The molecule has 128 valence electrons. The molecule has 3 rings (SSSR count). The number of carbonyl (C=O) groups excluding carboxylic acids is 1. The van der Waals surface area contributed by atoms with E-state index < -0.39 is 20.9 Å². The summed E-state index contributed by atoms with van der Waals surface area (Å²) in [5, 5.41) is 13.8. The molecule has 0 radical (unpaired) electrons. The Kier molecular flexibility index (Phi) is 4.79. The van der Waals surface area contributed by atoms with Crippen LogP contribution in [0.3, 0.4) is 0 Å². The molecule has 2 N–H and O–H groups in total. The van der Waals surface area contributed by atoms with E-state index in [4.69, 9.17) is 0 Å². The minimum absolute atomic E-state index is 0.152. The summed E-state index contributed by atoms with van der Waals surface area (Å²) >= 11 is 1.18. The van der Waals surface area contributed by atoms with Gasteiger partial charge >= 0.3 is 0 Å². The molecule has 0 spiro atoms. The quantitative estimate of drug-likeness (QED) is 0.644. The minimum atomic E-state index is -4.50. The molecule has 3 aromatic rings. The fourth-order valence-corrected chi connectivity index (χ4v) is 3.37. The predicted octanol–water partition coefficient (Wildman–Crippen LogP) is 1.73. The molecule has 1 heterocycles. The van der Waals surface area contributed by atoms with Crippen LogP contribution in [0.25, 0.3) is 0 Å². The average Bonchev–Trinajstić information content (AvgIpc) is 3.07. The zero-order valence-electron chi connectivity index (χ0n) is 12.5. The van der Waals surface area contributed by atoms with Gasteiger partial charge in [-0.1, -0.05) is 22.4 Å². The van der Waals surface area contributed by atoms with E-state index in [0.717, 1.165) is 11.0 Å². The van der Waals surface area contributed by atoms with Gasteiger partial charge in [0.2, 0.25) is 0 Å². The van der Waals surface area contributed by atoms with Crippen LogP contribution in [-0.4, -0.2) is 38.5 Å². The lowest BCUT2D eigenvalue weighted by molar-refractivity contribution is 0.102. The van der Waals surface area contributed by atoms with Gasteiger partial charge in [0.15, 0.2) is 6.33 Å². The molecule has 0 aliphatic rings. The lowest BCUT2D eigenvalue weighted by atomic mass is 10.2. The Labute approximate surface area is 146 Å². The van der Waals surface area contributed by atoms with Crippen molar-refractivity contribution < 1.29 is 17.8 Å². The summed E-state index contributed by atoms with van der Waals surface area (Å²) in [7, 11) is -4.50. The molecular weight excluding hydrogens is 366 g/mol. The first kappa shape index (κ1) is 17.1. The first-order chi connectivity index (χ1) is 11.9. The molecule has 0 aliphatic carbocycles. The number of hydrogen-bond acceptors (Lipinski definition) is 7.